The third-order valence-electron chi connectivity index (χ3n) is 3.64. The number of hydrogen-bond acceptors (Lipinski definition) is 4. The summed E-state index contributed by atoms with van der Waals surface area (Å²) in [6.07, 6.45) is 0.0447. The van der Waals surface area contributed by atoms with Crippen LogP contribution in [0.3, 0.4) is 0 Å². The zero-order chi connectivity index (χ0) is 18.6. The van der Waals surface area contributed by atoms with Crippen molar-refractivity contribution in [2.24, 2.45) is 7.05 Å². The molecule has 5 nitrogen and oxygen atoms in total. The molecule has 0 amide bonds. The lowest BCUT2D eigenvalue weighted by Gasteiger charge is -2.15. The number of benzene rings is 1. The lowest BCUT2D eigenvalue weighted by atomic mass is 10.0. The molecule has 1 N–H and O–H groups in total. The van der Waals surface area contributed by atoms with Crippen molar-refractivity contribution in [2.75, 3.05) is 19.8 Å². The number of aliphatic hydroxyl groups is 1. The van der Waals surface area contributed by atoms with Gasteiger partial charge in [-0.2, -0.15) is 0 Å². The molecule has 0 unspecified atom stereocenters. The lowest BCUT2D eigenvalue weighted by molar-refractivity contribution is 0.0662. The fourth-order valence-corrected chi connectivity index (χ4v) is 2.91. The normalized spacial score (nSPS) is 10.9. The van der Waals surface area contributed by atoms with Gasteiger partial charge in [-0.25, -0.2) is 4.39 Å². The second-order valence-electron chi connectivity index (χ2n) is 5.33. The molecule has 0 saturated carbocycles. The number of ether oxygens (including phenoxy) is 1. The van der Waals surface area contributed by atoms with Crippen LogP contribution in [0.1, 0.15) is 21.6 Å². The van der Waals surface area contributed by atoms with Crippen LogP contribution in [0.15, 0.2) is 33.5 Å². The van der Waals surface area contributed by atoms with Gasteiger partial charge in [0.2, 0.25) is 0 Å². The quantitative estimate of drug-likeness (QED) is 0.540. The van der Waals surface area contributed by atoms with Crippen molar-refractivity contribution >= 4 is 33.3 Å². The van der Waals surface area contributed by atoms with E-state index in [1.807, 2.05) is 0 Å². The highest BCUT2D eigenvalue weighted by atomic mass is 79.9. The number of halogens is 3. The van der Waals surface area contributed by atoms with E-state index in [2.05, 4.69) is 15.9 Å². The first kappa shape index (κ1) is 19.8. The number of aliphatic hydroxyl groups excluding tert-OH is 1. The summed E-state index contributed by atoms with van der Waals surface area (Å²) in [5.74, 6) is -0.856. The van der Waals surface area contributed by atoms with Crippen molar-refractivity contribution in [3.63, 3.8) is 0 Å². The summed E-state index contributed by atoms with van der Waals surface area (Å²) in [6.45, 7) is -0.467. The monoisotopic (exact) mass is 431 g/mol. The van der Waals surface area contributed by atoms with Gasteiger partial charge < -0.3 is 14.4 Å². The molecule has 1 heterocycles. The minimum absolute atomic E-state index is 0.0158. The summed E-state index contributed by atoms with van der Waals surface area (Å²) in [6, 6.07) is 5.85. The largest absolute Gasteiger partial charge is 0.394 e. The number of Topliss-reactive ketones (excluding diaryl/α,β-unsaturated/α-hetero) is 1. The van der Waals surface area contributed by atoms with E-state index in [9.17, 15) is 14.0 Å². The number of rotatable bonds is 7. The summed E-state index contributed by atoms with van der Waals surface area (Å²) in [7, 11) is 1.48. The Balaban J connectivity index is 2.45. The molecule has 0 aliphatic heterocycles. The van der Waals surface area contributed by atoms with Gasteiger partial charge >= 0.3 is 0 Å². The summed E-state index contributed by atoms with van der Waals surface area (Å²) in [4.78, 5) is 24.5. The Bertz CT molecular complexity index is 853. The van der Waals surface area contributed by atoms with Crippen molar-refractivity contribution in [3.8, 4) is 0 Å². The molecule has 0 aliphatic carbocycles. The Morgan fingerprint density at radius 2 is 2.12 bits per heavy atom. The number of nitrogens with zero attached hydrogens (tertiary/aromatic N) is 1. The molecule has 0 radical (unpaired) electrons. The van der Waals surface area contributed by atoms with Crippen molar-refractivity contribution in [3.05, 3.63) is 66.8 Å². The highest BCUT2D eigenvalue weighted by molar-refractivity contribution is 9.10. The summed E-state index contributed by atoms with van der Waals surface area (Å²) >= 11 is 9.09. The van der Waals surface area contributed by atoms with Crippen LogP contribution in [0.5, 0.6) is 0 Å². The van der Waals surface area contributed by atoms with E-state index in [1.165, 1.54) is 23.7 Å². The number of carbonyl (C=O) groups excluding carboxylic acids is 1. The zero-order valence-electron chi connectivity index (χ0n) is 13.4. The van der Waals surface area contributed by atoms with Crippen molar-refractivity contribution in [2.45, 2.75) is 6.42 Å². The van der Waals surface area contributed by atoms with Gasteiger partial charge in [0, 0.05) is 29.2 Å². The smallest absolute Gasteiger partial charge is 0.269 e. The van der Waals surface area contributed by atoms with Gasteiger partial charge in [0.05, 0.1) is 13.2 Å². The Morgan fingerprint density at radius 3 is 2.76 bits per heavy atom. The first-order valence-electron chi connectivity index (χ1n) is 7.39. The molecule has 1 aromatic carbocycles. The van der Waals surface area contributed by atoms with Crippen molar-refractivity contribution in [1.29, 1.82) is 0 Å². The van der Waals surface area contributed by atoms with Gasteiger partial charge in [-0.05, 0) is 23.8 Å². The number of pyridine rings is 1. The predicted molar refractivity (Wildman–Crippen MR) is 95.8 cm³/mol. The molecule has 25 heavy (non-hydrogen) atoms. The Morgan fingerprint density at radius 1 is 1.40 bits per heavy atom. The van der Waals surface area contributed by atoms with Crippen molar-refractivity contribution < 1.29 is 19.0 Å². The van der Waals surface area contributed by atoms with E-state index in [1.54, 1.807) is 12.1 Å². The molecular formula is C17H16BrClFNO4. The van der Waals surface area contributed by atoms with Crippen LogP contribution in [0, 0.1) is 5.82 Å². The standard InChI is InChI=1S/C17H16BrClFNO4/c1-21-15(6-10-2-3-11(18)7-14(10)20)12(8-13(19)17(21)24)16(23)9-25-5-4-22/h2-3,7-8,22H,4-6,9H2,1H3. The zero-order valence-corrected chi connectivity index (χ0v) is 15.7. The molecule has 0 fully saturated rings. The number of carbonyl (C=O) groups is 1. The Hall–Kier alpha value is -1.54. The van der Waals surface area contributed by atoms with Gasteiger partial charge in [0.25, 0.3) is 5.56 Å². The molecule has 0 aliphatic rings. The third-order valence-corrected chi connectivity index (χ3v) is 4.40. The van der Waals surface area contributed by atoms with Crippen LogP contribution < -0.4 is 5.56 Å². The highest BCUT2D eigenvalue weighted by Crippen LogP contribution is 2.21. The molecule has 0 atom stereocenters. The fraction of sp³-hybridized carbons (Fsp3) is 0.294. The molecule has 134 valence electrons. The van der Waals surface area contributed by atoms with Gasteiger partial charge in [-0.3, -0.25) is 9.59 Å². The molecular weight excluding hydrogens is 417 g/mol. The van der Waals surface area contributed by atoms with Crippen LogP contribution in [-0.4, -0.2) is 35.3 Å². The number of hydrogen-bond donors (Lipinski definition) is 1. The van der Waals surface area contributed by atoms with E-state index < -0.39 is 17.2 Å². The van der Waals surface area contributed by atoms with E-state index in [4.69, 9.17) is 21.4 Å². The van der Waals surface area contributed by atoms with Gasteiger partial charge in [-0.1, -0.05) is 33.6 Å². The Kier molecular flexibility index (Phi) is 6.89. The van der Waals surface area contributed by atoms with Crippen molar-refractivity contribution in [1.82, 2.24) is 4.57 Å². The van der Waals surface area contributed by atoms with Crippen LogP contribution >= 0.6 is 27.5 Å². The number of aromatic nitrogens is 1. The van der Waals surface area contributed by atoms with Crippen LogP contribution in [-0.2, 0) is 18.2 Å². The van der Waals surface area contributed by atoms with Gasteiger partial charge in [0.1, 0.15) is 17.4 Å². The topological polar surface area (TPSA) is 68.5 Å². The van der Waals surface area contributed by atoms with Gasteiger partial charge in [0.15, 0.2) is 5.78 Å². The summed E-state index contributed by atoms with van der Waals surface area (Å²) in [5.41, 5.74) is 0.397. The van der Waals surface area contributed by atoms with Crippen LogP contribution in [0.25, 0.3) is 0 Å². The maximum atomic E-state index is 14.1. The minimum Gasteiger partial charge on any atom is -0.394 e. The average Bonchev–Trinajstić information content (AvgIpc) is 2.57. The molecule has 1 aromatic heterocycles. The van der Waals surface area contributed by atoms with E-state index in [0.717, 1.165) is 0 Å². The second-order valence-corrected chi connectivity index (χ2v) is 6.65. The first-order valence-corrected chi connectivity index (χ1v) is 8.56. The Labute approximate surface area is 157 Å². The fourth-order valence-electron chi connectivity index (χ4n) is 2.34. The van der Waals surface area contributed by atoms with E-state index in [-0.39, 0.29) is 36.8 Å². The lowest BCUT2D eigenvalue weighted by Crippen LogP contribution is -2.26. The number of ketones is 1. The average molecular weight is 433 g/mol. The molecule has 2 rings (SSSR count). The minimum atomic E-state index is -0.470. The van der Waals surface area contributed by atoms with E-state index in [0.29, 0.717) is 15.7 Å². The van der Waals surface area contributed by atoms with Gasteiger partial charge in [-0.15, -0.1) is 0 Å². The summed E-state index contributed by atoms with van der Waals surface area (Å²) in [5, 5.41) is 8.62. The molecule has 0 bridgehead atoms. The van der Waals surface area contributed by atoms with E-state index >= 15 is 0 Å². The maximum absolute atomic E-state index is 14.1. The highest BCUT2D eigenvalue weighted by Gasteiger charge is 2.19. The maximum Gasteiger partial charge on any atom is 0.269 e. The van der Waals surface area contributed by atoms with Crippen LogP contribution in [0.4, 0.5) is 4.39 Å². The molecule has 0 spiro atoms. The SMILES string of the molecule is Cn1c(Cc2ccc(Br)cc2F)c(C(=O)COCCO)cc(Cl)c1=O. The third kappa shape index (κ3) is 4.76. The second kappa shape index (κ2) is 8.71. The molecule has 0 saturated heterocycles. The summed E-state index contributed by atoms with van der Waals surface area (Å²) < 4.78 is 21.0. The molecule has 8 heteroatoms. The predicted octanol–water partition coefficient (Wildman–Crippen LogP) is 2.72. The van der Waals surface area contributed by atoms with Crippen LogP contribution in [0.2, 0.25) is 5.02 Å². The first-order chi connectivity index (χ1) is 11.8. The molecule has 2 aromatic rings.